The highest BCUT2D eigenvalue weighted by atomic mass is 16.2. The van der Waals surface area contributed by atoms with Crippen LogP contribution in [0.15, 0.2) is 30.5 Å². The number of nitriles is 1. The van der Waals surface area contributed by atoms with Crippen molar-refractivity contribution in [3.8, 4) is 6.07 Å². The zero-order chi connectivity index (χ0) is 15.2. The Hall–Kier alpha value is -2.41. The molecular formula is C18H17N3O. The Morgan fingerprint density at radius 2 is 2.09 bits per heavy atom. The van der Waals surface area contributed by atoms with Crippen molar-refractivity contribution in [1.29, 1.82) is 5.26 Å². The first kappa shape index (κ1) is 13.3. The van der Waals surface area contributed by atoms with Gasteiger partial charge in [-0.05, 0) is 55.2 Å². The molecule has 22 heavy (non-hydrogen) atoms. The summed E-state index contributed by atoms with van der Waals surface area (Å²) in [5.74, 6) is 0.831. The molecule has 2 aliphatic carbocycles. The molecule has 1 aromatic heterocycles. The van der Waals surface area contributed by atoms with Crippen molar-refractivity contribution >= 4 is 22.5 Å². The third-order valence-corrected chi connectivity index (χ3v) is 4.89. The summed E-state index contributed by atoms with van der Waals surface area (Å²) >= 11 is 0. The second-order valence-corrected chi connectivity index (χ2v) is 6.44. The van der Waals surface area contributed by atoms with Crippen LogP contribution in [0, 0.1) is 17.2 Å². The Balaban J connectivity index is 1.68. The van der Waals surface area contributed by atoms with Crippen LogP contribution < -0.4 is 5.32 Å². The Labute approximate surface area is 129 Å². The maximum absolute atomic E-state index is 11.8. The first-order valence-electron chi connectivity index (χ1n) is 7.83. The van der Waals surface area contributed by atoms with Gasteiger partial charge in [-0.2, -0.15) is 5.26 Å². The van der Waals surface area contributed by atoms with E-state index in [0.717, 1.165) is 48.4 Å². The van der Waals surface area contributed by atoms with E-state index in [9.17, 15) is 10.1 Å². The molecule has 0 radical (unpaired) electrons. The molecule has 0 saturated heterocycles. The summed E-state index contributed by atoms with van der Waals surface area (Å²) in [5, 5.41) is 14.4. The number of rotatable bonds is 3. The molecule has 2 aromatic rings. The number of carbonyl (C=O) groups is 1. The molecular weight excluding hydrogens is 274 g/mol. The van der Waals surface area contributed by atoms with Gasteiger partial charge in [0.1, 0.15) is 5.82 Å². The van der Waals surface area contributed by atoms with Crippen LogP contribution in [0.25, 0.3) is 10.8 Å². The molecule has 0 unspecified atom stereocenters. The van der Waals surface area contributed by atoms with Gasteiger partial charge in [0.2, 0.25) is 5.91 Å². The molecule has 1 heterocycles. The largest absolute Gasteiger partial charge is 0.310 e. The van der Waals surface area contributed by atoms with E-state index >= 15 is 0 Å². The fourth-order valence-electron chi connectivity index (χ4n) is 3.08. The van der Waals surface area contributed by atoms with Gasteiger partial charge in [-0.1, -0.05) is 12.1 Å². The fourth-order valence-corrected chi connectivity index (χ4v) is 3.08. The van der Waals surface area contributed by atoms with E-state index in [2.05, 4.69) is 22.4 Å². The summed E-state index contributed by atoms with van der Waals surface area (Å²) in [6.07, 6.45) is 6.73. The van der Waals surface area contributed by atoms with Crippen molar-refractivity contribution in [2.45, 2.75) is 37.5 Å². The van der Waals surface area contributed by atoms with Gasteiger partial charge in [-0.25, -0.2) is 4.98 Å². The third-order valence-electron chi connectivity index (χ3n) is 4.89. The average Bonchev–Trinajstić information content (AvgIpc) is 3.31. The quantitative estimate of drug-likeness (QED) is 0.940. The molecule has 4 heteroatoms. The standard InChI is InChI=1S/C18H17N3O/c19-11-18(6-1-7-18)15-5-4-13-10-20-16(9-14(13)8-15)21-17(22)12-2-3-12/h4-5,8-10,12H,1-3,6-7H2,(H,20,21,22). The number of hydrogen-bond donors (Lipinski definition) is 1. The maximum atomic E-state index is 11.8. The molecule has 110 valence electrons. The fraction of sp³-hybridized carbons (Fsp3) is 0.389. The molecule has 2 aliphatic rings. The minimum Gasteiger partial charge on any atom is -0.310 e. The monoisotopic (exact) mass is 291 g/mol. The van der Waals surface area contributed by atoms with Gasteiger partial charge in [0.05, 0.1) is 11.5 Å². The summed E-state index contributed by atoms with van der Waals surface area (Å²) in [5.41, 5.74) is 0.772. The van der Waals surface area contributed by atoms with Crippen molar-refractivity contribution < 1.29 is 4.79 Å². The number of fused-ring (bicyclic) bond motifs is 1. The summed E-state index contributed by atoms with van der Waals surface area (Å²) in [6.45, 7) is 0. The molecule has 1 aromatic carbocycles. The number of pyridine rings is 1. The first-order valence-corrected chi connectivity index (χ1v) is 7.83. The first-order chi connectivity index (χ1) is 10.7. The van der Waals surface area contributed by atoms with E-state index in [1.165, 1.54) is 0 Å². The summed E-state index contributed by atoms with van der Waals surface area (Å²) < 4.78 is 0. The predicted octanol–water partition coefficient (Wildman–Crippen LogP) is 3.53. The van der Waals surface area contributed by atoms with E-state index in [4.69, 9.17) is 0 Å². The SMILES string of the molecule is N#CC1(c2ccc3cnc(NC(=O)C4CC4)cc3c2)CCC1. The third kappa shape index (κ3) is 2.14. The smallest absolute Gasteiger partial charge is 0.228 e. The van der Waals surface area contributed by atoms with E-state index in [-0.39, 0.29) is 17.2 Å². The lowest BCUT2D eigenvalue weighted by atomic mass is 9.65. The topological polar surface area (TPSA) is 65.8 Å². The molecule has 4 rings (SSSR count). The Morgan fingerprint density at radius 1 is 1.27 bits per heavy atom. The number of aromatic nitrogens is 1. The number of nitrogens with one attached hydrogen (secondary N) is 1. The van der Waals surface area contributed by atoms with E-state index in [1.807, 2.05) is 18.2 Å². The molecule has 4 nitrogen and oxygen atoms in total. The van der Waals surface area contributed by atoms with Crippen LogP contribution in [-0.2, 0) is 10.2 Å². The molecule has 0 bridgehead atoms. The highest BCUT2D eigenvalue weighted by Crippen LogP contribution is 2.43. The minimum absolute atomic E-state index is 0.0653. The van der Waals surface area contributed by atoms with E-state index in [0.29, 0.717) is 5.82 Å². The lowest BCUT2D eigenvalue weighted by Gasteiger charge is -2.35. The zero-order valence-electron chi connectivity index (χ0n) is 12.3. The Kier molecular flexibility index (Phi) is 2.90. The highest BCUT2D eigenvalue weighted by molar-refractivity contribution is 5.95. The Bertz CT molecular complexity index is 798. The van der Waals surface area contributed by atoms with Crippen LogP contribution >= 0.6 is 0 Å². The number of hydrogen-bond acceptors (Lipinski definition) is 3. The van der Waals surface area contributed by atoms with Gasteiger partial charge in [0.15, 0.2) is 0 Å². The van der Waals surface area contributed by atoms with Gasteiger partial charge in [0.25, 0.3) is 0 Å². The van der Waals surface area contributed by atoms with Gasteiger partial charge in [-0.15, -0.1) is 0 Å². The van der Waals surface area contributed by atoms with Gasteiger partial charge in [-0.3, -0.25) is 4.79 Å². The Morgan fingerprint density at radius 3 is 2.73 bits per heavy atom. The second kappa shape index (κ2) is 4.81. The number of anilines is 1. The minimum atomic E-state index is -0.311. The van der Waals surface area contributed by atoms with Gasteiger partial charge >= 0.3 is 0 Å². The zero-order valence-corrected chi connectivity index (χ0v) is 12.3. The van der Waals surface area contributed by atoms with Crippen LogP contribution in [0.1, 0.15) is 37.7 Å². The number of benzene rings is 1. The molecule has 0 aliphatic heterocycles. The van der Waals surface area contributed by atoms with Gasteiger partial charge in [0, 0.05) is 17.5 Å². The number of nitrogens with zero attached hydrogens (tertiary/aromatic N) is 2. The summed E-state index contributed by atoms with van der Waals surface area (Å²) in [7, 11) is 0. The molecule has 0 atom stereocenters. The normalized spacial score (nSPS) is 19.2. The van der Waals surface area contributed by atoms with Crippen molar-refractivity contribution in [2.75, 3.05) is 5.32 Å². The molecule has 2 fully saturated rings. The van der Waals surface area contributed by atoms with E-state index < -0.39 is 0 Å². The lowest BCUT2D eigenvalue weighted by Crippen LogP contribution is -2.32. The molecule has 0 spiro atoms. The predicted molar refractivity (Wildman–Crippen MR) is 84.2 cm³/mol. The maximum Gasteiger partial charge on any atom is 0.228 e. The van der Waals surface area contributed by atoms with Crippen LogP contribution in [-0.4, -0.2) is 10.9 Å². The number of amides is 1. The summed E-state index contributed by atoms with van der Waals surface area (Å²) in [6, 6.07) is 10.5. The highest BCUT2D eigenvalue weighted by Gasteiger charge is 2.39. The van der Waals surface area contributed by atoms with Gasteiger partial charge < -0.3 is 5.32 Å². The van der Waals surface area contributed by atoms with Crippen molar-refractivity contribution in [3.63, 3.8) is 0 Å². The van der Waals surface area contributed by atoms with Crippen molar-refractivity contribution in [2.24, 2.45) is 5.92 Å². The molecule has 2 saturated carbocycles. The lowest BCUT2D eigenvalue weighted by molar-refractivity contribution is -0.117. The van der Waals surface area contributed by atoms with Crippen LogP contribution in [0.2, 0.25) is 0 Å². The van der Waals surface area contributed by atoms with Crippen LogP contribution in [0.4, 0.5) is 5.82 Å². The van der Waals surface area contributed by atoms with Crippen LogP contribution in [0.3, 0.4) is 0 Å². The summed E-state index contributed by atoms with van der Waals surface area (Å²) in [4.78, 5) is 16.2. The average molecular weight is 291 g/mol. The van der Waals surface area contributed by atoms with Crippen molar-refractivity contribution in [1.82, 2.24) is 4.98 Å². The van der Waals surface area contributed by atoms with Crippen LogP contribution in [0.5, 0.6) is 0 Å². The number of carbonyl (C=O) groups excluding carboxylic acids is 1. The van der Waals surface area contributed by atoms with E-state index in [1.54, 1.807) is 6.20 Å². The van der Waals surface area contributed by atoms with Crippen molar-refractivity contribution in [3.05, 3.63) is 36.0 Å². The second-order valence-electron chi connectivity index (χ2n) is 6.44. The molecule has 1 N–H and O–H groups in total. The molecule has 1 amide bonds.